The monoisotopic (exact) mass is 353 g/mol. The summed E-state index contributed by atoms with van der Waals surface area (Å²) in [5.41, 5.74) is 2.30. The summed E-state index contributed by atoms with van der Waals surface area (Å²) in [6.45, 7) is 1.78. The Kier molecular flexibility index (Phi) is 4.95. The van der Waals surface area contributed by atoms with Crippen LogP contribution in [0.25, 0.3) is 10.9 Å². The Morgan fingerprint density at radius 2 is 1.72 bits per heavy atom. The van der Waals surface area contributed by atoms with Crippen LogP contribution in [-0.4, -0.2) is 16.8 Å². The Morgan fingerprint density at radius 3 is 2.40 bits per heavy atom. The number of hydrogen-bond donors (Lipinski definition) is 2. The topological polar surface area (TPSA) is 71.1 Å². The summed E-state index contributed by atoms with van der Waals surface area (Å²) in [5.74, 6) is -0.357. The Hall–Kier alpha value is -2.92. The number of nitrogens with one attached hydrogen (secondary N) is 2. The fourth-order valence-corrected chi connectivity index (χ4v) is 2.64. The maximum atomic E-state index is 12.6. The lowest BCUT2D eigenvalue weighted by molar-refractivity contribution is -0.115. The van der Waals surface area contributed by atoms with Crippen molar-refractivity contribution in [3.05, 3.63) is 65.3 Å². The number of carbonyl (C=O) groups excluding carboxylic acids is 2. The number of fused-ring (bicyclic) bond motifs is 1. The maximum absolute atomic E-state index is 12.6. The summed E-state index contributed by atoms with van der Waals surface area (Å²) in [6.07, 6.45) is 2.05. The second-order valence-corrected chi connectivity index (χ2v) is 5.90. The lowest BCUT2D eigenvalue weighted by Crippen LogP contribution is -2.13. The van der Waals surface area contributed by atoms with Gasteiger partial charge in [0.05, 0.1) is 11.1 Å². The molecule has 1 aromatic heterocycles. The summed E-state index contributed by atoms with van der Waals surface area (Å²) < 4.78 is 0. The van der Waals surface area contributed by atoms with Crippen LogP contribution < -0.4 is 10.6 Å². The van der Waals surface area contributed by atoms with Crippen LogP contribution in [-0.2, 0) is 4.79 Å². The molecule has 3 rings (SSSR count). The number of hydrogen-bond acceptors (Lipinski definition) is 3. The normalized spacial score (nSPS) is 10.5. The van der Waals surface area contributed by atoms with Crippen molar-refractivity contribution in [2.24, 2.45) is 0 Å². The van der Waals surface area contributed by atoms with Crippen molar-refractivity contribution >= 4 is 45.7 Å². The van der Waals surface area contributed by atoms with Gasteiger partial charge >= 0.3 is 0 Å². The average Bonchev–Trinajstić information content (AvgIpc) is 2.62. The van der Waals surface area contributed by atoms with Crippen molar-refractivity contribution in [1.29, 1.82) is 0 Å². The zero-order chi connectivity index (χ0) is 17.8. The minimum atomic E-state index is -0.295. The third-order valence-electron chi connectivity index (χ3n) is 3.66. The van der Waals surface area contributed by atoms with Gasteiger partial charge in [-0.1, -0.05) is 24.6 Å². The van der Waals surface area contributed by atoms with Crippen LogP contribution in [0.15, 0.2) is 54.7 Å². The summed E-state index contributed by atoms with van der Waals surface area (Å²) in [7, 11) is 0. The molecule has 126 valence electrons. The lowest BCUT2D eigenvalue weighted by atomic mass is 10.1. The number of nitrogens with zero attached hydrogens (tertiary/aromatic N) is 1. The van der Waals surface area contributed by atoms with Crippen molar-refractivity contribution in [3.63, 3.8) is 0 Å². The molecule has 3 aromatic rings. The molecule has 0 aliphatic carbocycles. The quantitative estimate of drug-likeness (QED) is 0.726. The predicted molar refractivity (Wildman–Crippen MR) is 100 cm³/mol. The first-order valence-corrected chi connectivity index (χ1v) is 8.20. The predicted octanol–water partition coefficient (Wildman–Crippen LogP) is 4.49. The fourth-order valence-electron chi connectivity index (χ4n) is 2.41. The van der Waals surface area contributed by atoms with Crippen LogP contribution in [0.3, 0.4) is 0 Å². The standard InChI is InChI=1S/C19H16ClN3O2/c1-2-17(24)22-14-5-7-15(8-6-14)23-19(25)16-11-13(20)10-12-4-3-9-21-18(12)16/h3-11H,2H2,1H3,(H,22,24)(H,23,25). The Balaban J connectivity index is 1.82. The molecule has 0 atom stereocenters. The van der Waals surface area contributed by atoms with Crippen LogP contribution in [0.4, 0.5) is 11.4 Å². The molecule has 0 fully saturated rings. The number of anilines is 2. The van der Waals surface area contributed by atoms with E-state index in [4.69, 9.17) is 11.6 Å². The molecule has 25 heavy (non-hydrogen) atoms. The molecule has 0 aliphatic rings. The van der Waals surface area contributed by atoms with E-state index >= 15 is 0 Å². The number of amides is 2. The summed E-state index contributed by atoms with van der Waals surface area (Å²) in [5, 5.41) is 6.86. The van der Waals surface area contributed by atoms with E-state index in [0.29, 0.717) is 33.9 Å². The summed E-state index contributed by atoms with van der Waals surface area (Å²) in [6, 6.07) is 13.9. The van der Waals surface area contributed by atoms with Gasteiger partial charge in [0.15, 0.2) is 0 Å². The second-order valence-electron chi connectivity index (χ2n) is 5.46. The molecule has 2 amide bonds. The van der Waals surface area contributed by atoms with E-state index < -0.39 is 0 Å². The lowest BCUT2D eigenvalue weighted by Gasteiger charge is -2.09. The summed E-state index contributed by atoms with van der Waals surface area (Å²) in [4.78, 5) is 28.3. The van der Waals surface area contributed by atoms with Crippen LogP contribution in [0, 0.1) is 0 Å². The van der Waals surface area contributed by atoms with Crippen molar-refractivity contribution < 1.29 is 9.59 Å². The Bertz CT molecular complexity index is 939. The van der Waals surface area contributed by atoms with Crippen molar-refractivity contribution in [2.75, 3.05) is 10.6 Å². The van der Waals surface area contributed by atoms with Crippen molar-refractivity contribution in [1.82, 2.24) is 4.98 Å². The minimum Gasteiger partial charge on any atom is -0.326 e. The highest BCUT2D eigenvalue weighted by atomic mass is 35.5. The van der Waals surface area contributed by atoms with E-state index in [1.807, 2.05) is 6.07 Å². The van der Waals surface area contributed by atoms with Gasteiger partial charge in [0.25, 0.3) is 5.91 Å². The van der Waals surface area contributed by atoms with Crippen molar-refractivity contribution in [3.8, 4) is 0 Å². The first kappa shape index (κ1) is 16.9. The number of carbonyl (C=O) groups is 2. The van der Waals surface area contributed by atoms with Gasteiger partial charge in [-0.3, -0.25) is 14.6 Å². The van der Waals surface area contributed by atoms with E-state index in [1.165, 1.54) is 0 Å². The van der Waals surface area contributed by atoms with Gasteiger partial charge in [-0.05, 0) is 42.5 Å². The zero-order valence-corrected chi connectivity index (χ0v) is 14.3. The molecule has 2 aromatic carbocycles. The molecule has 0 aliphatic heterocycles. The van der Waals surface area contributed by atoms with Crippen LogP contribution in [0.1, 0.15) is 23.7 Å². The summed E-state index contributed by atoms with van der Waals surface area (Å²) >= 11 is 6.11. The minimum absolute atomic E-state index is 0.0618. The van der Waals surface area contributed by atoms with Gasteiger partial charge in [-0.25, -0.2) is 0 Å². The highest BCUT2D eigenvalue weighted by Gasteiger charge is 2.13. The van der Waals surface area contributed by atoms with Crippen LogP contribution >= 0.6 is 11.6 Å². The maximum Gasteiger partial charge on any atom is 0.257 e. The van der Waals surface area contributed by atoms with Crippen molar-refractivity contribution in [2.45, 2.75) is 13.3 Å². The van der Waals surface area contributed by atoms with Gasteiger partial charge in [0.2, 0.25) is 5.91 Å². The first-order valence-electron chi connectivity index (χ1n) is 7.82. The number of benzene rings is 2. The van der Waals surface area contributed by atoms with Gasteiger partial charge in [-0.15, -0.1) is 0 Å². The van der Waals surface area contributed by atoms with E-state index in [9.17, 15) is 9.59 Å². The van der Waals surface area contributed by atoms with E-state index in [-0.39, 0.29) is 11.8 Å². The molecular weight excluding hydrogens is 338 g/mol. The van der Waals surface area contributed by atoms with Gasteiger partial charge < -0.3 is 10.6 Å². The van der Waals surface area contributed by atoms with E-state index in [0.717, 1.165) is 5.39 Å². The highest BCUT2D eigenvalue weighted by Crippen LogP contribution is 2.23. The molecule has 5 nitrogen and oxygen atoms in total. The molecule has 0 bridgehead atoms. The molecular formula is C19H16ClN3O2. The zero-order valence-electron chi connectivity index (χ0n) is 13.5. The smallest absolute Gasteiger partial charge is 0.257 e. The van der Waals surface area contributed by atoms with Crippen LogP contribution in [0.5, 0.6) is 0 Å². The molecule has 0 saturated heterocycles. The van der Waals surface area contributed by atoms with E-state index in [2.05, 4.69) is 15.6 Å². The second kappa shape index (κ2) is 7.32. The fraction of sp³-hybridized carbons (Fsp3) is 0.105. The molecule has 0 radical (unpaired) electrons. The first-order chi connectivity index (χ1) is 12.1. The SMILES string of the molecule is CCC(=O)Nc1ccc(NC(=O)c2cc(Cl)cc3cccnc23)cc1. The number of pyridine rings is 1. The van der Waals surface area contributed by atoms with Gasteiger partial charge in [0.1, 0.15) is 0 Å². The largest absolute Gasteiger partial charge is 0.326 e. The Morgan fingerprint density at radius 1 is 1.04 bits per heavy atom. The Labute approximate surface area is 150 Å². The third-order valence-corrected chi connectivity index (χ3v) is 3.88. The van der Waals surface area contributed by atoms with Gasteiger partial charge in [0, 0.05) is 34.4 Å². The molecule has 0 unspecified atom stereocenters. The molecule has 6 heteroatoms. The number of halogens is 1. The van der Waals surface area contributed by atoms with Gasteiger partial charge in [-0.2, -0.15) is 0 Å². The molecule has 2 N–H and O–H groups in total. The number of aromatic nitrogens is 1. The third kappa shape index (κ3) is 3.95. The highest BCUT2D eigenvalue weighted by molar-refractivity contribution is 6.32. The van der Waals surface area contributed by atoms with Crippen LogP contribution in [0.2, 0.25) is 5.02 Å². The van der Waals surface area contributed by atoms with E-state index in [1.54, 1.807) is 55.6 Å². The molecule has 0 saturated carbocycles. The molecule has 1 heterocycles. The average molecular weight is 354 g/mol. The molecule has 0 spiro atoms. The number of rotatable bonds is 4.